The second kappa shape index (κ2) is 8.19. The molecule has 0 spiro atoms. The van der Waals surface area contributed by atoms with Crippen molar-refractivity contribution in [2.24, 2.45) is 11.5 Å². The first-order valence-corrected chi connectivity index (χ1v) is 4.81. The number of rotatable bonds is 7. The molecule has 0 radical (unpaired) electrons. The molecule has 0 aliphatic carbocycles. The number of esters is 2. The fraction of sp³-hybridized carbons (Fsp3) is 0.778. The molecule has 0 bridgehead atoms. The molecular formula is C9H18N2O4. The molecule has 6 heteroatoms. The van der Waals surface area contributed by atoms with Gasteiger partial charge in [-0.05, 0) is 19.4 Å². The summed E-state index contributed by atoms with van der Waals surface area (Å²) in [5.41, 5.74) is 10.7. The average Bonchev–Trinajstić information content (AvgIpc) is 2.25. The summed E-state index contributed by atoms with van der Waals surface area (Å²) in [6.07, 6.45) is 0.976. The van der Waals surface area contributed by atoms with Gasteiger partial charge in [-0.3, -0.25) is 9.59 Å². The summed E-state index contributed by atoms with van der Waals surface area (Å²) in [7, 11) is 1.25. The van der Waals surface area contributed by atoms with E-state index in [4.69, 9.17) is 16.2 Å². The number of nitrogens with two attached hydrogens (primary N) is 2. The van der Waals surface area contributed by atoms with E-state index in [-0.39, 0.29) is 18.8 Å². The van der Waals surface area contributed by atoms with Crippen LogP contribution in [0.4, 0.5) is 0 Å². The number of carbonyl (C=O) groups excluding carboxylic acids is 2. The lowest BCUT2D eigenvalue weighted by Crippen LogP contribution is -2.32. The molecule has 1 unspecified atom stereocenters. The minimum Gasteiger partial charge on any atom is -0.468 e. The van der Waals surface area contributed by atoms with Gasteiger partial charge in [0.2, 0.25) is 0 Å². The Balaban J connectivity index is 3.57. The van der Waals surface area contributed by atoms with E-state index in [0.29, 0.717) is 19.6 Å². The molecule has 0 aliphatic heterocycles. The summed E-state index contributed by atoms with van der Waals surface area (Å²) in [6.45, 7) is 0.789. The zero-order valence-corrected chi connectivity index (χ0v) is 8.90. The second-order valence-corrected chi connectivity index (χ2v) is 3.03. The SMILES string of the molecule is COC(=O)C(N)CCC(=O)OCCCN. The highest BCUT2D eigenvalue weighted by molar-refractivity contribution is 5.76. The van der Waals surface area contributed by atoms with Crippen LogP contribution in [-0.4, -0.2) is 38.2 Å². The first kappa shape index (κ1) is 13.9. The standard InChI is InChI=1S/C9H18N2O4/c1-14-9(13)7(11)3-4-8(12)15-6-2-5-10/h7H,2-6,10-11H2,1H3. The lowest BCUT2D eigenvalue weighted by molar-refractivity contribution is -0.145. The van der Waals surface area contributed by atoms with Crippen LogP contribution in [-0.2, 0) is 19.1 Å². The Bertz CT molecular complexity index is 208. The van der Waals surface area contributed by atoms with Crippen molar-refractivity contribution in [3.05, 3.63) is 0 Å². The van der Waals surface area contributed by atoms with Crippen LogP contribution in [0.5, 0.6) is 0 Å². The largest absolute Gasteiger partial charge is 0.468 e. The summed E-state index contributed by atoms with van der Waals surface area (Å²) in [6, 6.07) is -0.767. The van der Waals surface area contributed by atoms with Crippen molar-refractivity contribution in [3.8, 4) is 0 Å². The van der Waals surface area contributed by atoms with E-state index in [1.165, 1.54) is 7.11 Å². The summed E-state index contributed by atoms with van der Waals surface area (Å²) in [5.74, 6) is -0.896. The van der Waals surface area contributed by atoms with Gasteiger partial charge in [0, 0.05) is 6.42 Å². The fourth-order valence-corrected chi connectivity index (χ4v) is 0.884. The molecule has 0 saturated heterocycles. The zero-order valence-electron chi connectivity index (χ0n) is 8.90. The van der Waals surface area contributed by atoms with Crippen molar-refractivity contribution >= 4 is 11.9 Å². The van der Waals surface area contributed by atoms with Gasteiger partial charge in [0.15, 0.2) is 0 Å². The third-order valence-corrected chi connectivity index (χ3v) is 1.77. The van der Waals surface area contributed by atoms with E-state index in [0.717, 1.165) is 0 Å². The lowest BCUT2D eigenvalue weighted by Gasteiger charge is -2.08. The third kappa shape index (κ3) is 6.87. The number of methoxy groups -OCH3 is 1. The van der Waals surface area contributed by atoms with Gasteiger partial charge in [-0.1, -0.05) is 0 Å². The summed E-state index contributed by atoms with van der Waals surface area (Å²) in [4.78, 5) is 21.9. The molecule has 0 rings (SSSR count). The lowest BCUT2D eigenvalue weighted by atomic mass is 10.2. The minimum atomic E-state index is -0.767. The van der Waals surface area contributed by atoms with E-state index in [2.05, 4.69) is 4.74 Å². The fourth-order valence-electron chi connectivity index (χ4n) is 0.884. The smallest absolute Gasteiger partial charge is 0.322 e. The van der Waals surface area contributed by atoms with Gasteiger partial charge in [0.05, 0.1) is 13.7 Å². The van der Waals surface area contributed by atoms with E-state index in [9.17, 15) is 9.59 Å². The molecule has 0 amide bonds. The maximum Gasteiger partial charge on any atom is 0.322 e. The Morgan fingerprint density at radius 3 is 2.60 bits per heavy atom. The van der Waals surface area contributed by atoms with Crippen LogP contribution in [0.2, 0.25) is 0 Å². The first-order chi connectivity index (χ1) is 7.11. The van der Waals surface area contributed by atoms with Crippen LogP contribution in [0.1, 0.15) is 19.3 Å². The molecule has 4 N–H and O–H groups in total. The molecule has 0 aromatic heterocycles. The van der Waals surface area contributed by atoms with Crippen LogP contribution < -0.4 is 11.5 Å². The topological polar surface area (TPSA) is 105 Å². The molecule has 15 heavy (non-hydrogen) atoms. The molecule has 0 aromatic carbocycles. The number of hydrogen-bond acceptors (Lipinski definition) is 6. The Labute approximate surface area is 88.9 Å². The maximum absolute atomic E-state index is 11.1. The molecule has 0 aliphatic rings. The molecule has 6 nitrogen and oxygen atoms in total. The Morgan fingerprint density at radius 1 is 1.40 bits per heavy atom. The van der Waals surface area contributed by atoms with Gasteiger partial charge < -0.3 is 20.9 Å². The van der Waals surface area contributed by atoms with Gasteiger partial charge in [-0.25, -0.2) is 0 Å². The molecule has 0 fully saturated rings. The number of hydrogen-bond donors (Lipinski definition) is 2. The van der Waals surface area contributed by atoms with Gasteiger partial charge in [0.1, 0.15) is 6.04 Å². The monoisotopic (exact) mass is 218 g/mol. The number of carbonyl (C=O) groups is 2. The van der Waals surface area contributed by atoms with Crippen molar-refractivity contribution in [1.29, 1.82) is 0 Å². The Morgan fingerprint density at radius 2 is 2.07 bits per heavy atom. The van der Waals surface area contributed by atoms with E-state index < -0.39 is 12.0 Å². The molecule has 0 saturated carbocycles. The predicted octanol–water partition coefficient (Wildman–Crippen LogP) is -0.841. The third-order valence-electron chi connectivity index (χ3n) is 1.77. The van der Waals surface area contributed by atoms with E-state index >= 15 is 0 Å². The van der Waals surface area contributed by atoms with Crippen molar-refractivity contribution in [2.45, 2.75) is 25.3 Å². The molecular weight excluding hydrogens is 200 g/mol. The van der Waals surface area contributed by atoms with Crippen LogP contribution >= 0.6 is 0 Å². The van der Waals surface area contributed by atoms with Gasteiger partial charge in [-0.15, -0.1) is 0 Å². The summed E-state index contributed by atoms with van der Waals surface area (Å²) in [5, 5.41) is 0. The Kier molecular flexibility index (Phi) is 7.57. The molecule has 88 valence electrons. The van der Waals surface area contributed by atoms with Crippen LogP contribution in [0, 0.1) is 0 Å². The normalized spacial score (nSPS) is 11.9. The molecule has 0 aromatic rings. The van der Waals surface area contributed by atoms with Crippen LogP contribution in [0.3, 0.4) is 0 Å². The van der Waals surface area contributed by atoms with Gasteiger partial charge in [0.25, 0.3) is 0 Å². The molecule has 1 atom stereocenters. The van der Waals surface area contributed by atoms with Crippen molar-refractivity contribution in [2.75, 3.05) is 20.3 Å². The average molecular weight is 218 g/mol. The second-order valence-electron chi connectivity index (χ2n) is 3.03. The highest BCUT2D eigenvalue weighted by atomic mass is 16.5. The summed E-state index contributed by atoms with van der Waals surface area (Å²) < 4.78 is 9.23. The van der Waals surface area contributed by atoms with E-state index in [1.807, 2.05) is 0 Å². The van der Waals surface area contributed by atoms with Gasteiger partial charge >= 0.3 is 11.9 Å². The van der Waals surface area contributed by atoms with Crippen molar-refractivity contribution < 1.29 is 19.1 Å². The molecule has 0 heterocycles. The minimum absolute atomic E-state index is 0.112. The van der Waals surface area contributed by atoms with Crippen molar-refractivity contribution in [1.82, 2.24) is 0 Å². The maximum atomic E-state index is 11.1. The summed E-state index contributed by atoms with van der Waals surface area (Å²) >= 11 is 0. The zero-order chi connectivity index (χ0) is 11.7. The van der Waals surface area contributed by atoms with Crippen LogP contribution in [0.15, 0.2) is 0 Å². The predicted molar refractivity (Wildman–Crippen MR) is 53.9 cm³/mol. The first-order valence-electron chi connectivity index (χ1n) is 4.81. The van der Waals surface area contributed by atoms with E-state index in [1.54, 1.807) is 0 Å². The van der Waals surface area contributed by atoms with Crippen molar-refractivity contribution in [3.63, 3.8) is 0 Å². The highest BCUT2D eigenvalue weighted by Crippen LogP contribution is 1.99. The van der Waals surface area contributed by atoms with Gasteiger partial charge in [-0.2, -0.15) is 0 Å². The number of ether oxygens (including phenoxy) is 2. The quantitative estimate of drug-likeness (QED) is 0.426. The van der Waals surface area contributed by atoms with Crippen LogP contribution in [0.25, 0.3) is 0 Å². The Hall–Kier alpha value is -1.14. The highest BCUT2D eigenvalue weighted by Gasteiger charge is 2.15.